The van der Waals surface area contributed by atoms with E-state index in [0.29, 0.717) is 0 Å². The zero-order chi connectivity index (χ0) is 10.6. The van der Waals surface area contributed by atoms with Gasteiger partial charge in [-0.25, -0.2) is 0 Å². The molecule has 0 aliphatic heterocycles. The van der Waals surface area contributed by atoms with Gasteiger partial charge in [-0.3, -0.25) is 0 Å². The zero-order valence-electron chi connectivity index (χ0n) is 10.6. The Morgan fingerprint density at radius 2 is 1.79 bits per heavy atom. The highest BCUT2D eigenvalue weighted by Crippen LogP contribution is 2.59. The van der Waals surface area contributed by atoms with Gasteiger partial charge in [0, 0.05) is 0 Å². The normalized spacial score (nSPS) is 24.2. The minimum Gasteiger partial charge on any atom is -0.0648 e. The van der Waals surface area contributed by atoms with Crippen LogP contribution in [-0.2, 0) is 0 Å². The van der Waals surface area contributed by atoms with Crippen molar-refractivity contribution in [2.75, 3.05) is 0 Å². The Kier molecular flexibility index (Phi) is 4.47. The largest absolute Gasteiger partial charge is 0.0648 e. The first-order valence-electron chi connectivity index (χ1n) is 6.64. The highest BCUT2D eigenvalue weighted by atomic mass is 14.5. The molecule has 0 heterocycles. The lowest BCUT2D eigenvalue weighted by Crippen LogP contribution is -2.00. The molecule has 1 unspecified atom stereocenters. The van der Waals surface area contributed by atoms with E-state index in [2.05, 4.69) is 27.7 Å². The van der Waals surface area contributed by atoms with Crippen molar-refractivity contribution in [2.45, 2.75) is 72.6 Å². The van der Waals surface area contributed by atoms with Gasteiger partial charge in [0.15, 0.2) is 0 Å². The fourth-order valence-electron chi connectivity index (χ4n) is 2.90. The summed E-state index contributed by atoms with van der Waals surface area (Å²) in [6.07, 6.45) is 10.2. The second-order valence-corrected chi connectivity index (χ2v) is 5.65. The Morgan fingerprint density at radius 1 is 1.14 bits per heavy atom. The molecule has 1 aliphatic carbocycles. The molecule has 84 valence electrons. The molecule has 1 fully saturated rings. The van der Waals surface area contributed by atoms with E-state index in [1.807, 2.05) is 0 Å². The Labute approximate surface area is 90.5 Å². The number of hydrogen-bond donors (Lipinski definition) is 0. The third kappa shape index (κ3) is 3.00. The Hall–Kier alpha value is 0. The molecule has 0 spiro atoms. The molecule has 0 saturated heterocycles. The average molecular weight is 196 g/mol. The Morgan fingerprint density at radius 3 is 2.21 bits per heavy atom. The van der Waals surface area contributed by atoms with Crippen LogP contribution in [-0.4, -0.2) is 0 Å². The van der Waals surface area contributed by atoms with Gasteiger partial charge in [-0.1, -0.05) is 59.8 Å². The molecule has 0 aromatic carbocycles. The summed E-state index contributed by atoms with van der Waals surface area (Å²) in [6.45, 7) is 9.41. The van der Waals surface area contributed by atoms with Crippen LogP contribution in [0.3, 0.4) is 0 Å². The van der Waals surface area contributed by atoms with Gasteiger partial charge >= 0.3 is 0 Å². The molecule has 14 heavy (non-hydrogen) atoms. The molecule has 0 bridgehead atoms. The van der Waals surface area contributed by atoms with Crippen molar-refractivity contribution in [3.05, 3.63) is 0 Å². The molecule has 1 rings (SSSR count). The summed E-state index contributed by atoms with van der Waals surface area (Å²) in [4.78, 5) is 0. The number of rotatable bonds is 7. The fourth-order valence-corrected chi connectivity index (χ4v) is 2.90. The highest BCUT2D eigenvalue weighted by molar-refractivity contribution is 4.99. The quantitative estimate of drug-likeness (QED) is 0.501. The standard InChI is InChI=1S/C14H28/c1-5-14(6-2)11-13(14)10-8-7-9-12(3)4/h12-13H,5-11H2,1-4H3. The summed E-state index contributed by atoms with van der Waals surface area (Å²) in [6, 6.07) is 0. The van der Waals surface area contributed by atoms with E-state index in [9.17, 15) is 0 Å². The summed E-state index contributed by atoms with van der Waals surface area (Å²) in [5.41, 5.74) is 0.790. The van der Waals surface area contributed by atoms with Gasteiger partial charge in [-0.15, -0.1) is 0 Å². The first kappa shape index (κ1) is 12.1. The van der Waals surface area contributed by atoms with Crippen molar-refractivity contribution < 1.29 is 0 Å². The molecule has 0 heteroatoms. The maximum Gasteiger partial charge on any atom is -0.0271 e. The maximum absolute atomic E-state index is 2.37. The maximum atomic E-state index is 2.37. The Bertz CT molecular complexity index is 153. The van der Waals surface area contributed by atoms with E-state index in [0.717, 1.165) is 17.3 Å². The van der Waals surface area contributed by atoms with Gasteiger partial charge in [0.1, 0.15) is 0 Å². The van der Waals surface area contributed by atoms with Gasteiger partial charge in [-0.05, 0) is 30.1 Å². The molecule has 0 aromatic heterocycles. The van der Waals surface area contributed by atoms with Crippen LogP contribution >= 0.6 is 0 Å². The lowest BCUT2D eigenvalue weighted by molar-refractivity contribution is 0.397. The van der Waals surface area contributed by atoms with Gasteiger partial charge in [-0.2, -0.15) is 0 Å². The van der Waals surface area contributed by atoms with Crippen molar-refractivity contribution in [2.24, 2.45) is 17.3 Å². The lowest BCUT2D eigenvalue weighted by atomic mass is 9.94. The van der Waals surface area contributed by atoms with Crippen molar-refractivity contribution in [3.8, 4) is 0 Å². The second kappa shape index (κ2) is 5.19. The molecular formula is C14H28. The van der Waals surface area contributed by atoms with Crippen molar-refractivity contribution in [1.82, 2.24) is 0 Å². The first-order chi connectivity index (χ1) is 6.64. The second-order valence-electron chi connectivity index (χ2n) is 5.65. The summed E-state index contributed by atoms with van der Waals surface area (Å²) in [7, 11) is 0. The Balaban J connectivity index is 2.05. The summed E-state index contributed by atoms with van der Waals surface area (Å²) in [5, 5.41) is 0. The van der Waals surface area contributed by atoms with E-state index >= 15 is 0 Å². The monoisotopic (exact) mass is 196 g/mol. The molecule has 0 N–H and O–H groups in total. The summed E-state index contributed by atoms with van der Waals surface area (Å²) < 4.78 is 0. The van der Waals surface area contributed by atoms with E-state index in [4.69, 9.17) is 0 Å². The fraction of sp³-hybridized carbons (Fsp3) is 1.00. The van der Waals surface area contributed by atoms with Crippen LogP contribution in [0, 0.1) is 17.3 Å². The molecule has 0 amide bonds. The summed E-state index contributed by atoms with van der Waals surface area (Å²) >= 11 is 0. The highest BCUT2D eigenvalue weighted by Gasteiger charge is 2.49. The van der Waals surface area contributed by atoms with E-state index in [1.54, 1.807) is 0 Å². The van der Waals surface area contributed by atoms with Crippen LogP contribution in [0.1, 0.15) is 72.6 Å². The van der Waals surface area contributed by atoms with E-state index < -0.39 is 0 Å². The topological polar surface area (TPSA) is 0 Å². The van der Waals surface area contributed by atoms with Crippen molar-refractivity contribution in [1.29, 1.82) is 0 Å². The van der Waals surface area contributed by atoms with Crippen LogP contribution in [0.25, 0.3) is 0 Å². The van der Waals surface area contributed by atoms with Crippen LogP contribution in [0.4, 0.5) is 0 Å². The SMILES string of the molecule is CCC1(CC)CC1CCCCC(C)C. The number of unbranched alkanes of at least 4 members (excludes halogenated alkanes) is 1. The molecule has 0 aromatic rings. The predicted octanol–water partition coefficient (Wildman–Crippen LogP) is 5.03. The van der Waals surface area contributed by atoms with Gasteiger partial charge in [0.05, 0.1) is 0 Å². The molecule has 1 atom stereocenters. The average Bonchev–Trinajstić information content (AvgIpc) is 2.87. The minimum atomic E-state index is 0.790. The van der Waals surface area contributed by atoms with Crippen LogP contribution in [0.2, 0.25) is 0 Å². The molecule has 1 saturated carbocycles. The van der Waals surface area contributed by atoms with E-state index in [-0.39, 0.29) is 0 Å². The number of hydrogen-bond acceptors (Lipinski definition) is 0. The zero-order valence-corrected chi connectivity index (χ0v) is 10.6. The molecule has 0 radical (unpaired) electrons. The molecule has 1 aliphatic rings. The first-order valence-corrected chi connectivity index (χ1v) is 6.64. The van der Waals surface area contributed by atoms with Crippen LogP contribution < -0.4 is 0 Å². The van der Waals surface area contributed by atoms with Gasteiger partial charge in [0.2, 0.25) is 0 Å². The summed E-state index contributed by atoms with van der Waals surface area (Å²) in [5.74, 6) is 1.99. The smallest absolute Gasteiger partial charge is 0.0271 e. The van der Waals surface area contributed by atoms with Crippen LogP contribution in [0.5, 0.6) is 0 Å². The van der Waals surface area contributed by atoms with Gasteiger partial charge < -0.3 is 0 Å². The van der Waals surface area contributed by atoms with Gasteiger partial charge in [0.25, 0.3) is 0 Å². The van der Waals surface area contributed by atoms with Crippen molar-refractivity contribution in [3.63, 3.8) is 0 Å². The lowest BCUT2D eigenvalue weighted by Gasteiger charge is -2.11. The minimum absolute atomic E-state index is 0.790. The predicted molar refractivity (Wildman–Crippen MR) is 64.4 cm³/mol. The van der Waals surface area contributed by atoms with Crippen LogP contribution in [0.15, 0.2) is 0 Å². The van der Waals surface area contributed by atoms with E-state index in [1.165, 1.54) is 44.9 Å². The molecular weight excluding hydrogens is 168 g/mol. The third-order valence-corrected chi connectivity index (χ3v) is 4.35. The van der Waals surface area contributed by atoms with Crippen molar-refractivity contribution >= 4 is 0 Å². The molecule has 0 nitrogen and oxygen atoms in total. The third-order valence-electron chi connectivity index (χ3n) is 4.35.